The molecule has 2 atom stereocenters. The first-order chi connectivity index (χ1) is 7.17. The molecule has 0 bridgehead atoms. The van der Waals surface area contributed by atoms with E-state index in [1.165, 1.54) is 13.0 Å². The lowest BCUT2D eigenvalue weighted by atomic mass is 10.1. The molecule has 0 saturated carbocycles. The Morgan fingerprint density at radius 1 is 1.47 bits per heavy atom. The van der Waals surface area contributed by atoms with E-state index in [0.717, 1.165) is 19.5 Å². The molecule has 1 heterocycles. The topological polar surface area (TPSA) is 24.5 Å². The quantitative estimate of drug-likeness (QED) is 0.725. The highest BCUT2D eigenvalue weighted by molar-refractivity contribution is 4.85. The minimum atomic E-state index is 0.422. The molecule has 15 heavy (non-hydrogen) atoms. The molecule has 0 radical (unpaired) electrons. The third kappa shape index (κ3) is 4.09. The molecule has 1 saturated heterocycles. The van der Waals surface area contributed by atoms with E-state index in [4.69, 9.17) is 4.74 Å². The molecule has 0 aromatic carbocycles. The smallest absolute Gasteiger partial charge is 0.0711 e. The first-order valence-electron chi connectivity index (χ1n) is 6.17. The van der Waals surface area contributed by atoms with Gasteiger partial charge in [-0.05, 0) is 33.2 Å². The summed E-state index contributed by atoms with van der Waals surface area (Å²) in [6.45, 7) is 10.2. The minimum Gasteiger partial charge on any atom is -0.380 e. The zero-order chi connectivity index (χ0) is 11.3. The lowest BCUT2D eigenvalue weighted by molar-refractivity contribution is 0.114. The lowest BCUT2D eigenvalue weighted by Gasteiger charge is -2.28. The number of ether oxygens (including phenoxy) is 1. The van der Waals surface area contributed by atoms with Crippen molar-refractivity contribution >= 4 is 0 Å². The molecule has 3 nitrogen and oxygen atoms in total. The van der Waals surface area contributed by atoms with Crippen molar-refractivity contribution in [1.29, 1.82) is 0 Å². The Hall–Kier alpha value is -0.120. The van der Waals surface area contributed by atoms with E-state index in [1.54, 1.807) is 7.11 Å². The van der Waals surface area contributed by atoms with Crippen molar-refractivity contribution < 1.29 is 4.74 Å². The first kappa shape index (κ1) is 12.9. The molecule has 2 unspecified atom stereocenters. The monoisotopic (exact) mass is 214 g/mol. The van der Waals surface area contributed by atoms with Crippen LogP contribution in [-0.2, 0) is 4.74 Å². The zero-order valence-corrected chi connectivity index (χ0v) is 10.6. The van der Waals surface area contributed by atoms with E-state index in [0.29, 0.717) is 18.2 Å². The Morgan fingerprint density at radius 2 is 2.20 bits per heavy atom. The maximum absolute atomic E-state index is 5.36. The fraction of sp³-hybridized carbons (Fsp3) is 1.00. The van der Waals surface area contributed by atoms with E-state index < -0.39 is 0 Å². The van der Waals surface area contributed by atoms with E-state index in [9.17, 15) is 0 Å². The highest BCUT2D eigenvalue weighted by Gasteiger charge is 2.25. The number of nitrogens with zero attached hydrogens (tertiary/aromatic N) is 1. The lowest BCUT2D eigenvalue weighted by Crippen LogP contribution is -2.41. The van der Waals surface area contributed by atoms with Crippen LogP contribution in [0.5, 0.6) is 0 Å². The van der Waals surface area contributed by atoms with Gasteiger partial charge in [0.05, 0.1) is 6.10 Å². The Bertz CT molecular complexity index is 173. The summed E-state index contributed by atoms with van der Waals surface area (Å²) in [6, 6.07) is 1.26. The fourth-order valence-corrected chi connectivity index (χ4v) is 2.23. The number of nitrogens with one attached hydrogen (secondary N) is 1. The molecule has 3 heteroatoms. The van der Waals surface area contributed by atoms with Gasteiger partial charge in [-0.1, -0.05) is 6.92 Å². The molecule has 0 amide bonds. The van der Waals surface area contributed by atoms with Crippen LogP contribution in [0, 0.1) is 0 Å². The third-order valence-electron chi connectivity index (χ3n) is 3.21. The Labute approximate surface area is 94.2 Å². The molecule has 0 aromatic rings. The van der Waals surface area contributed by atoms with Gasteiger partial charge in [0.25, 0.3) is 0 Å². The molecule has 0 aliphatic carbocycles. The highest BCUT2D eigenvalue weighted by Crippen LogP contribution is 2.12. The third-order valence-corrected chi connectivity index (χ3v) is 3.21. The van der Waals surface area contributed by atoms with Crippen LogP contribution >= 0.6 is 0 Å². The predicted molar refractivity (Wildman–Crippen MR) is 64.2 cm³/mol. The molecule has 1 fully saturated rings. The van der Waals surface area contributed by atoms with Gasteiger partial charge in [-0.25, -0.2) is 0 Å². The van der Waals surface area contributed by atoms with Crippen LogP contribution in [0.15, 0.2) is 0 Å². The maximum Gasteiger partial charge on any atom is 0.0711 e. The summed E-state index contributed by atoms with van der Waals surface area (Å²) < 4.78 is 5.36. The summed E-state index contributed by atoms with van der Waals surface area (Å²) >= 11 is 0. The van der Waals surface area contributed by atoms with Gasteiger partial charge >= 0.3 is 0 Å². The Kier molecular flexibility index (Phi) is 5.58. The highest BCUT2D eigenvalue weighted by atomic mass is 16.5. The van der Waals surface area contributed by atoms with Crippen LogP contribution in [0.1, 0.15) is 33.6 Å². The average Bonchev–Trinajstić information content (AvgIpc) is 2.65. The molecule has 0 aromatic heterocycles. The second kappa shape index (κ2) is 6.46. The molecule has 90 valence electrons. The van der Waals surface area contributed by atoms with Crippen molar-refractivity contribution in [2.75, 3.05) is 26.7 Å². The van der Waals surface area contributed by atoms with Crippen molar-refractivity contribution in [3.05, 3.63) is 0 Å². The van der Waals surface area contributed by atoms with Gasteiger partial charge in [0.2, 0.25) is 0 Å². The number of hydrogen-bond donors (Lipinski definition) is 1. The van der Waals surface area contributed by atoms with Gasteiger partial charge in [0, 0.05) is 32.3 Å². The first-order valence-corrected chi connectivity index (χ1v) is 6.17. The van der Waals surface area contributed by atoms with Crippen LogP contribution in [-0.4, -0.2) is 49.8 Å². The van der Waals surface area contributed by atoms with Crippen molar-refractivity contribution in [2.24, 2.45) is 0 Å². The van der Waals surface area contributed by atoms with Gasteiger partial charge in [0.1, 0.15) is 0 Å². The molecule has 1 aliphatic heterocycles. The van der Waals surface area contributed by atoms with Crippen molar-refractivity contribution in [3.63, 3.8) is 0 Å². The average molecular weight is 214 g/mol. The summed E-state index contributed by atoms with van der Waals surface area (Å²) in [5.41, 5.74) is 0. The molecular weight excluding hydrogens is 188 g/mol. The SMILES string of the molecule is CCCN(CC1CC(OC)CN1)C(C)C. The van der Waals surface area contributed by atoms with E-state index in [-0.39, 0.29) is 0 Å². The van der Waals surface area contributed by atoms with Crippen LogP contribution in [0.4, 0.5) is 0 Å². The molecule has 1 aliphatic rings. The number of hydrogen-bond acceptors (Lipinski definition) is 3. The summed E-state index contributed by atoms with van der Waals surface area (Å²) in [7, 11) is 1.81. The van der Waals surface area contributed by atoms with Crippen LogP contribution in [0.25, 0.3) is 0 Å². The largest absolute Gasteiger partial charge is 0.380 e. The summed E-state index contributed by atoms with van der Waals surface area (Å²) in [6.07, 6.45) is 2.81. The van der Waals surface area contributed by atoms with Crippen molar-refractivity contribution in [1.82, 2.24) is 10.2 Å². The van der Waals surface area contributed by atoms with Crippen molar-refractivity contribution in [3.8, 4) is 0 Å². The van der Waals surface area contributed by atoms with E-state index in [1.807, 2.05) is 0 Å². The predicted octanol–water partition coefficient (Wildman–Crippen LogP) is 1.48. The van der Waals surface area contributed by atoms with Gasteiger partial charge in [-0.3, -0.25) is 4.90 Å². The van der Waals surface area contributed by atoms with Crippen LogP contribution < -0.4 is 5.32 Å². The van der Waals surface area contributed by atoms with Gasteiger partial charge in [0.15, 0.2) is 0 Å². The van der Waals surface area contributed by atoms with E-state index >= 15 is 0 Å². The number of rotatable bonds is 6. The Balaban J connectivity index is 2.32. The van der Waals surface area contributed by atoms with E-state index in [2.05, 4.69) is 31.0 Å². The second-order valence-electron chi connectivity index (χ2n) is 4.79. The Morgan fingerprint density at radius 3 is 2.67 bits per heavy atom. The summed E-state index contributed by atoms with van der Waals surface area (Å²) in [4.78, 5) is 2.55. The van der Waals surface area contributed by atoms with Gasteiger partial charge in [-0.2, -0.15) is 0 Å². The van der Waals surface area contributed by atoms with Gasteiger partial charge < -0.3 is 10.1 Å². The van der Waals surface area contributed by atoms with Crippen molar-refractivity contribution in [2.45, 2.75) is 51.8 Å². The van der Waals surface area contributed by atoms with Gasteiger partial charge in [-0.15, -0.1) is 0 Å². The number of methoxy groups -OCH3 is 1. The molecule has 0 spiro atoms. The maximum atomic E-state index is 5.36. The molecular formula is C12H26N2O. The van der Waals surface area contributed by atoms with Crippen LogP contribution in [0.3, 0.4) is 0 Å². The second-order valence-corrected chi connectivity index (χ2v) is 4.79. The summed E-state index contributed by atoms with van der Waals surface area (Å²) in [5.74, 6) is 0. The summed E-state index contributed by atoms with van der Waals surface area (Å²) in [5, 5.41) is 3.53. The molecule has 1 N–H and O–H groups in total. The molecule has 1 rings (SSSR count). The fourth-order valence-electron chi connectivity index (χ4n) is 2.23. The standard InChI is InChI=1S/C12H26N2O/c1-5-6-14(10(2)3)9-11-7-12(15-4)8-13-11/h10-13H,5-9H2,1-4H3. The normalized spacial score (nSPS) is 26.8. The minimum absolute atomic E-state index is 0.422. The van der Waals surface area contributed by atoms with Crippen LogP contribution in [0.2, 0.25) is 0 Å². The zero-order valence-electron chi connectivity index (χ0n) is 10.6.